The van der Waals surface area contributed by atoms with Gasteiger partial charge in [-0.1, -0.05) is 12.1 Å². The number of hydrogen-bond donors (Lipinski definition) is 3. The van der Waals surface area contributed by atoms with E-state index in [1.807, 2.05) is 30.3 Å². The molecule has 9 heteroatoms. The van der Waals surface area contributed by atoms with Crippen LogP contribution in [0, 0.1) is 0 Å². The van der Waals surface area contributed by atoms with Crippen LogP contribution in [0.25, 0.3) is 33.5 Å². The van der Waals surface area contributed by atoms with Crippen molar-refractivity contribution in [3.05, 3.63) is 66.1 Å². The highest BCUT2D eigenvalue weighted by Gasteiger charge is 2.19. The van der Waals surface area contributed by atoms with Crippen molar-refractivity contribution in [3.63, 3.8) is 0 Å². The van der Waals surface area contributed by atoms with Crippen LogP contribution >= 0.6 is 0 Å². The lowest BCUT2D eigenvalue weighted by atomic mass is 10.0. The van der Waals surface area contributed by atoms with Gasteiger partial charge < -0.3 is 29.7 Å². The maximum absolute atomic E-state index is 6.26. The van der Waals surface area contributed by atoms with Gasteiger partial charge in [-0.05, 0) is 48.4 Å². The molecular weight excluding hydrogens is 432 g/mol. The van der Waals surface area contributed by atoms with Gasteiger partial charge in [-0.15, -0.1) is 0 Å². The number of hydrogen-bond acceptors (Lipinski definition) is 7. The highest BCUT2D eigenvalue weighted by Crippen LogP contribution is 2.37. The first-order chi connectivity index (χ1) is 16.6. The molecule has 0 saturated carbocycles. The van der Waals surface area contributed by atoms with Gasteiger partial charge in [0.2, 0.25) is 11.7 Å². The summed E-state index contributed by atoms with van der Waals surface area (Å²) >= 11 is 0. The van der Waals surface area contributed by atoms with Crippen molar-refractivity contribution in [2.45, 2.75) is 25.8 Å². The summed E-state index contributed by atoms with van der Waals surface area (Å²) in [5.41, 5.74) is 12.3. The number of aromatic amines is 2. The molecule has 0 aliphatic carbocycles. The monoisotopic (exact) mass is 458 g/mol. The van der Waals surface area contributed by atoms with E-state index in [9.17, 15) is 0 Å². The van der Waals surface area contributed by atoms with Crippen molar-refractivity contribution in [2.75, 3.05) is 14.2 Å². The summed E-state index contributed by atoms with van der Waals surface area (Å²) in [5, 5.41) is 5.28. The van der Waals surface area contributed by atoms with Crippen LogP contribution in [0.15, 0.2) is 53.4 Å². The van der Waals surface area contributed by atoms with Gasteiger partial charge in [0.15, 0.2) is 11.5 Å². The van der Waals surface area contributed by atoms with Crippen LogP contribution in [0.3, 0.4) is 0 Å². The first-order valence-corrected chi connectivity index (χ1v) is 11.0. The summed E-state index contributed by atoms with van der Waals surface area (Å²) in [5.74, 6) is 2.28. The lowest BCUT2D eigenvalue weighted by molar-refractivity contribution is 0.354. The summed E-state index contributed by atoms with van der Waals surface area (Å²) in [6.07, 6.45) is 4.74. The van der Waals surface area contributed by atoms with Crippen molar-refractivity contribution < 1.29 is 14.0 Å². The Hall–Kier alpha value is -4.11. The smallest absolute Gasteiger partial charge is 0.244 e. The van der Waals surface area contributed by atoms with E-state index in [2.05, 4.69) is 38.1 Å². The van der Waals surface area contributed by atoms with Gasteiger partial charge in [-0.2, -0.15) is 4.98 Å². The van der Waals surface area contributed by atoms with Crippen LogP contribution in [0.5, 0.6) is 11.5 Å². The van der Waals surface area contributed by atoms with Crippen LogP contribution in [-0.4, -0.2) is 39.3 Å². The fourth-order valence-electron chi connectivity index (χ4n) is 4.22. The number of nitrogens with one attached hydrogen (secondary N) is 2. The number of H-pyrrole nitrogens is 2. The Bertz CT molecular complexity index is 1420. The number of fused-ring (bicyclic) bond motifs is 1. The number of aryl methyl sites for hydroxylation is 1. The second kappa shape index (κ2) is 9.03. The number of nitrogens with two attached hydrogens (primary N) is 1. The molecule has 0 fully saturated rings. The molecule has 174 valence electrons. The topological polar surface area (TPSA) is 128 Å². The zero-order chi connectivity index (χ0) is 23.7. The SMILES string of the molecule is CCc1c(-c2ccc(OC)c(OC)c2)[nH]c2ccc(-c3noc(C(N)Cc4cnc[nH]4)n3)cc12. The molecule has 0 aliphatic heterocycles. The van der Waals surface area contributed by atoms with E-state index in [0.717, 1.165) is 39.8 Å². The Labute approximate surface area is 196 Å². The minimum absolute atomic E-state index is 0.389. The second-order valence-corrected chi connectivity index (χ2v) is 8.01. The van der Waals surface area contributed by atoms with Gasteiger partial charge in [0.05, 0.1) is 26.6 Å². The fourth-order valence-corrected chi connectivity index (χ4v) is 4.22. The highest BCUT2D eigenvalue weighted by molar-refractivity contribution is 5.93. The molecule has 0 radical (unpaired) electrons. The minimum Gasteiger partial charge on any atom is -0.493 e. The molecule has 0 saturated heterocycles. The molecule has 1 unspecified atom stereocenters. The van der Waals surface area contributed by atoms with Crippen molar-refractivity contribution in [3.8, 4) is 34.1 Å². The molecule has 0 amide bonds. The predicted molar refractivity (Wildman–Crippen MR) is 129 cm³/mol. The fraction of sp³-hybridized carbons (Fsp3) is 0.240. The minimum atomic E-state index is -0.416. The van der Waals surface area contributed by atoms with E-state index in [4.69, 9.17) is 19.7 Å². The van der Waals surface area contributed by atoms with E-state index in [0.29, 0.717) is 29.6 Å². The molecule has 1 atom stereocenters. The van der Waals surface area contributed by atoms with Crippen molar-refractivity contribution in [1.29, 1.82) is 0 Å². The number of ether oxygens (including phenoxy) is 2. The molecule has 0 bridgehead atoms. The Morgan fingerprint density at radius 2 is 1.88 bits per heavy atom. The molecule has 0 spiro atoms. The molecule has 0 aliphatic rings. The van der Waals surface area contributed by atoms with Crippen LogP contribution < -0.4 is 15.2 Å². The third kappa shape index (κ3) is 3.90. The van der Waals surface area contributed by atoms with E-state index >= 15 is 0 Å². The summed E-state index contributed by atoms with van der Waals surface area (Å²) in [4.78, 5) is 15.2. The number of aromatic nitrogens is 5. The lowest BCUT2D eigenvalue weighted by Gasteiger charge is -2.10. The molecule has 4 N–H and O–H groups in total. The predicted octanol–water partition coefficient (Wildman–Crippen LogP) is 4.43. The van der Waals surface area contributed by atoms with Gasteiger partial charge in [0.1, 0.15) is 0 Å². The summed E-state index contributed by atoms with van der Waals surface area (Å²) in [6.45, 7) is 2.14. The zero-order valence-corrected chi connectivity index (χ0v) is 19.3. The quantitative estimate of drug-likeness (QED) is 0.314. The summed E-state index contributed by atoms with van der Waals surface area (Å²) < 4.78 is 16.3. The number of nitrogens with zero attached hydrogens (tertiary/aromatic N) is 3. The molecule has 3 aromatic heterocycles. The molecule has 2 aromatic carbocycles. The molecule has 9 nitrogen and oxygen atoms in total. The molecule has 5 aromatic rings. The Balaban J connectivity index is 1.49. The lowest BCUT2D eigenvalue weighted by Crippen LogP contribution is -2.13. The number of rotatable bonds is 8. The van der Waals surface area contributed by atoms with Gasteiger partial charge in [-0.25, -0.2) is 4.98 Å². The van der Waals surface area contributed by atoms with Gasteiger partial charge in [0, 0.05) is 46.0 Å². The van der Waals surface area contributed by atoms with Gasteiger partial charge >= 0.3 is 0 Å². The Morgan fingerprint density at radius 1 is 1.06 bits per heavy atom. The third-order valence-electron chi connectivity index (χ3n) is 5.94. The van der Waals surface area contributed by atoms with Crippen LogP contribution in [0.2, 0.25) is 0 Å². The van der Waals surface area contributed by atoms with Crippen LogP contribution in [0.4, 0.5) is 0 Å². The van der Waals surface area contributed by atoms with Crippen molar-refractivity contribution in [2.24, 2.45) is 5.73 Å². The molecule has 34 heavy (non-hydrogen) atoms. The number of methoxy groups -OCH3 is 2. The standard InChI is InChI=1S/C25H26N6O3/c1-4-17-18-9-15(24-30-25(34-31-24)19(26)11-16-12-27-13-28-16)5-7-20(18)29-23(17)14-6-8-21(32-2)22(10-14)33-3/h5-10,12-13,19,29H,4,11,26H2,1-3H3,(H,27,28). The zero-order valence-electron chi connectivity index (χ0n) is 19.3. The molecular formula is C25H26N6O3. The average molecular weight is 459 g/mol. The average Bonchev–Trinajstić information content (AvgIpc) is 3.62. The summed E-state index contributed by atoms with van der Waals surface area (Å²) in [7, 11) is 3.27. The maximum atomic E-state index is 6.26. The number of benzene rings is 2. The summed E-state index contributed by atoms with van der Waals surface area (Å²) in [6, 6.07) is 11.6. The van der Waals surface area contributed by atoms with Crippen molar-refractivity contribution in [1.82, 2.24) is 25.1 Å². The Kier molecular flexibility index (Phi) is 5.77. The Morgan fingerprint density at radius 3 is 2.62 bits per heavy atom. The molecule has 3 heterocycles. The second-order valence-electron chi connectivity index (χ2n) is 8.01. The van der Waals surface area contributed by atoms with E-state index in [1.54, 1.807) is 26.7 Å². The highest BCUT2D eigenvalue weighted by atomic mass is 16.5. The maximum Gasteiger partial charge on any atom is 0.244 e. The normalized spacial score (nSPS) is 12.2. The van der Waals surface area contributed by atoms with Gasteiger partial charge in [-0.3, -0.25) is 0 Å². The van der Waals surface area contributed by atoms with Crippen LogP contribution in [-0.2, 0) is 12.8 Å². The van der Waals surface area contributed by atoms with Gasteiger partial charge in [0.25, 0.3) is 0 Å². The largest absolute Gasteiger partial charge is 0.493 e. The van der Waals surface area contributed by atoms with Crippen molar-refractivity contribution >= 4 is 10.9 Å². The van der Waals surface area contributed by atoms with Crippen LogP contribution in [0.1, 0.15) is 30.1 Å². The van der Waals surface area contributed by atoms with E-state index in [-0.39, 0.29) is 0 Å². The number of imidazole rings is 1. The first kappa shape index (κ1) is 21.7. The molecule has 5 rings (SSSR count). The van der Waals surface area contributed by atoms with E-state index in [1.165, 1.54) is 5.56 Å². The first-order valence-electron chi connectivity index (χ1n) is 11.0. The van der Waals surface area contributed by atoms with E-state index < -0.39 is 6.04 Å². The third-order valence-corrected chi connectivity index (χ3v) is 5.94.